The summed E-state index contributed by atoms with van der Waals surface area (Å²) in [5, 5.41) is 0.641. The smallest absolute Gasteiger partial charge is 0.266 e. The van der Waals surface area contributed by atoms with Crippen LogP contribution in [0.5, 0.6) is 0 Å². The zero-order chi connectivity index (χ0) is 20.6. The molecule has 7 nitrogen and oxygen atoms in total. The minimum Gasteiger partial charge on any atom is -0.325 e. The average molecular weight is 400 g/mol. The molecule has 0 saturated heterocycles. The van der Waals surface area contributed by atoms with Crippen molar-refractivity contribution in [3.05, 3.63) is 59.7 Å². The number of benzene rings is 2. The molecular formula is C20H20N2O5S. The fraction of sp³-hybridized carbons (Fsp3) is 0.250. The lowest BCUT2D eigenvalue weighted by atomic mass is 10.1. The lowest BCUT2D eigenvalue weighted by molar-refractivity contribution is -0.115. The molecule has 2 aromatic rings. The van der Waals surface area contributed by atoms with E-state index in [-0.39, 0.29) is 0 Å². The monoisotopic (exact) mass is 400 g/mol. The molecule has 1 atom stereocenters. The molecule has 1 heterocycles. The van der Waals surface area contributed by atoms with E-state index in [0.29, 0.717) is 22.5 Å². The van der Waals surface area contributed by atoms with Gasteiger partial charge >= 0.3 is 0 Å². The molecule has 3 amide bonds. The van der Waals surface area contributed by atoms with E-state index in [1.54, 1.807) is 42.5 Å². The number of carbonyl (C=O) groups excluding carboxylic acids is 3. The molecule has 0 fully saturated rings. The molecule has 1 unspecified atom stereocenters. The maximum absolute atomic E-state index is 12.6. The standard InChI is InChI=1S/C20H20N2O5S/c1-12(2)28(26,27)13(3)18(23)21-14-7-6-8-15(11-14)22-19(24)16-9-4-5-10-17(16)20(22)25/h4-13H,1-3H3,(H,21,23). The fourth-order valence-electron chi connectivity index (χ4n) is 2.95. The summed E-state index contributed by atoms with van der Waals surface area (Å²) in [6, 6.07) is 12.7. The summed E-state index contributed by atoms with van der Waals surface area (Å²) in [6.07, 6.45) is 0. The summed E-state index contributed by atoms with van der Waals surface area (Å²) < 4.78 is 24.4. The van der Waals surface area contributed by atoms with Gasteiger partial charge in [-0.3, -0.25) is 14.4 Å². The summed E-state index contributed by atoms with van der Waals surface area (Å²) in [6.45, 7) is 4.36. The number of rotatable bonds is 5. The normalized spacial score (nSPS) is 14.9. The van der Waals surface area contributed by atoms with Crippen LogP contribution in [0.2, 0.25) is 0 Å². The van der Waals surface area contributed by atoms with Crippen molar-refractivity contribution >= 4 is 38.9 Å². The van der Waals surface area contributed by atoms with Gasteiger partial charge in [0.05, 0.1) is 22.1 Å². The van der Waals surface area contributed by atoms with Crippen LogP contribution in [0.15, 0.2) is 48.5 Å². The first kappa shape index (κ1) is 19.8. The Morgan fingerprint density at radius 1 is 0.929 bits per heavy atom. The third-order valence-corrected chi connectivity index (χ3v) is 7.20. The van der Waals surface area contributed by atoms with Gasteiger partial charge in [-0.1, -0.05) is 18.2 Å². The zero-order valence-corrected chi connectivity index (χ0v) is 16.5. The van der Waals surface area contributed by atoms with Gasteiger partial charge in [-0.2, -0.15) is 0 Å². The van der Waals surface area contributed by atoms with E-state index in [2.05, 4.69) is 5.32 Å². The number of nitrogens with one attached hydrogen (secondary N) is 1. The number of hydrogen-bond acceptors (Lipinski definition) is 5. The highest BCUT2D eigenvalue weighted by atomic mass is 32.2. The number of carbonyl (C=O) groups is 3. The van der Waals surface area contributed by atoms with Gasteiger partial charge in [0.2, 0.25) is 5.91 Å². The molecule has 0 radical (unpaired) electrons. The molecule has 0 spiro atoms. The maximum atomic E-state index is 12.6. The van der Waals surface area contributed by atoms with Crippen molar-refractivity contribution in [3.8, 4) is 0 Å². The second-order valence-corrected chi connectivity index (χ2v) is 9.64. The largest absolute Gasteiger partial charge is 0.325 e. The molecule has 0 aromatic heterocycles. The number of hydrogen-bond donors (Lipinski definition) is 1. The molecule has 8 heteroatoms. The molecule has 146 valence electrons. The average Bonchev–Trinajstić information content (AvgIpc) is 2.92. The van der Waals surface area contributed by atoms with Crippen LogP contribution in [0.4, 0.5) is 11.4 Å². The Morgan fingerprint density at radius 2 is 1.50 bits per heavy atom. The summed E-state index contributed by atoms with van der Waals surface area (Å²) in [7, 11) is -3.61. The molecule has 1 aliphatic rings. The van der Waals surface area contributed by atoms with Crippen LogP contribution < -0.4 is 10.2 Å². The van der Waals surface area contributed by atoms with Gasteiger partial charge in [0.1, 0.15) is 5.25 Å². The predicted octanol–water partition coefficient (Wildman–Crippen LogP) is 2.64. The molecule has 0 bridgehead atoms. The highest BCUT2D eigenvalue weighted by Gasteiger charge is 2.36. The Bertz CT molecular complexity index is 1040. The van der Waals surface area contributed by atoms with E-state index in [1.807, 2.05) is 0 Å². The highest BCUT2D eigenvalue weighted by Crippen LogP contribution is 2.29. The Hall–Kier alpha value is -3.00. The summed E-state index contributed by atoms with van der Waals surface area (Å²) in [5.41, 5.74) is 1.23. The van der Waals surface area contributed by atoms with Crippen LogP contribution in [0.25, 0.3) is 0 Å². The molecule has 1 aliphatic heterocycles. The SMILES string of the molecule is CC(C)S(=O)(=O)C(C)C(=O)Nc1cccc(N2C(=O)c3ccccc3C2=O)c1. The lowest BCUT2D eigenvalue weighted by Crippen LogP contribution is -2.36. The maximum Gasteiger partial charge on any atom is 0.266 e. The van der Waals surface area contributed by atoms with Gasteiger partial charge < -0.3 is 5.32 Å². The third-order valence-electron chi connectivity index (χ3n) is 4.69. The number of anilines is 2. The van der Waals surface area contributed by atoms with Crippen molar-refractivity contribution in [2.75, 3.05) is 10.2 Å². The van der Waals surface area contributed by atoms with Crippen molar-refractivity contribution < 1.29 is 22.8 Å². The van der Waals surface area contributed by atoms with E-state index < -0.39 is 38.1 Å². The minimum absolute atomic E-state index is 0.295. The van der Waals surface area contributed by atoms with E-state index >= 15 is 0 Å². The molecule has 28 heavy (non-hydrogen) atoms. The van der Waals surface area contributed by atoms with Gasteiger partial charge in [0, 0.05) is 5.69 Å². The van der Waals surface area contributed by atoms with Crippen molar-refractivity contribution in [3.63, 3.8) is 0 Å². The van der Waals surface area contributed by atoms with Crippen molar-refractivity contribution in [2.24, 2.45) is 0 Å². The van der Waals surface area contributed by atoms with E-state index in [9.17, 15) is 22.8 Å². The van der Waals surface area contributed by atoms with Gasteiger partial charge in [0.25, 0.3) is 11.8 Å². The number of imide groups is 1. The van der Waals surface area contributed by atoms with Crippen LogP contribution in [0.3, 0.4) is 0 Å². The van der Waals surface area contributed by atoms with Gasteiger partial charge in [-0.25, -0.2) is 13.3 Å². The zero-order valence-electron chi connectivity index (χ0n) is 15.7. The molecular weight excluding hydrogens is 380 g/mol. The first-order chi connectivity index (χ1) is 13.1. The van der Waals surface area contributed by atoms with Crippen LogP contribution in [0.1, 0.15) is 41.5 Å². The minimum atomic E-state index is -3.61. The Balaban J connectivity index is 1.85. The Morgan fingerprint density at radius 3 is 2.04 bits per heavy atom. The first-order valence-electron chi connectivity index (χ1n) is 8.76. The number of sulfone groups is 1. The van der Waals surface area contributed by atoms with Crippen molar-refractivity contribution in [1.29, 1.82) is 0 Å². The second-order valence-electron chi connectivity index (χ2n) is 6.81. The molecule has 0 aliphatic carbocycles. The van der Waals surface area contributed by atoms with Crippen LogP contribution >= 0.6 is 0 Å². The number of fused-ring (bicyclic) bond motifs is 1. The number of nitrogens with zero attached hydrogens (tertiary/aromatic N) is 1. The molecule has 2 aromatic carbocycles. The Labute approximate surface area is 163 Å². The Kier molecular flexibility index (Phi) is 5.08. The lowest BCUT2D eigenvalue weighted by Gasteiger charge is -2.17. The third kappa shape index (κ3) is 3.31. The van der Waals surface area contributed by atoms with E-state index in [4.69, 9.17) is 0 Å². The summed E-state index contributed by atoms with van der Waals surface area (Å²) in [4.78, 5) is 38.6. The summed E-state index contributed by atoms with van der Waals surface area (Å²) >= 11 is 0. The van der Waals surface area contributed by atoms with Crippen LogP contribution in [-0.4, -0.2) is 36.6 Å². The van der Waals surface area contributed by atoms with Crippen LogP contribution in [0, 0.1) is 0 Å². The van der Waals surface area contributed by atoms with E-state index in [0.717, 1.165) is 4.90 Å². The molecule has 3 rings (SSSR count). The second kappa shape index (κ2) is 7.20. The van der Waals surface area contributed by atoms with Crippen LogP contribution in [-0.2, 0) is 14.6 Å². The summed E-state index contributed by atoms with van der Waals surface area (Å²) in [5.74, 6) is -1.56. The van der Waals surface area contributed by atoms with Crippen molar-refractivity contribution in [2.45, 2.75) is 31.3 Å². The molecule has 0 saturated carbocycles. The fourth-order valence-corrected chi connectivity index (χ4v) is 4.12. The first-order valence-corrected chi connectivity index (χ1v) is 10.4. The predicted molar refractivity (Wildman–Crippen MR) is 106 cm³/mol. The number of amides is 3. The molecule has 1 N–H and O–H groups in total. The quantitative estimate of drug-likeness (QED) is 0.778. The topological polar surface area (TPSA) is 101 Å². The van der Waals surface area contributed by atoms with Gasteiger partial charge in [-0.05, 0) is 51.1 Å². The highest BCUT2D eigenvalue weighted by molar-refractivity contribution is 7.93. The van der Waals surface area contributed by atoms with Gasteiger partial charge in [-0.15, -0.1) is 0 Å². The van der Waals surface area contributed by atoms with Gasteiger partial charge in [0.15, 0.2) is 9.84 Å². The van der Waals surface area contributed by atoms with Crippen molar-refractivity contribution in [1.82, 2.24) is 0 Å². The van der Waals surface area contributed by atoms with E-state index in [1.165, 1.54) is 26.8 Å².